The second-order valence-electron chi connectivity index (χ2n) is 5.66. The molecule has 1 aromatic heterocycles. The highest BCUT2D eigenvalue weighted by Crippen LogP contribution is 2.17. The minimum Gasteiger partial charge on any atom is -0.378 e. The van der Waals surface area contributed by atoms with Crippen molar-refractivity contribution in [1.29, 1.82) is 0 Å². The standard InChI is InChI=1S/C17H22N2O2/c20-17(8-7-15-5-3-11-21-15)18-10-9-14-12-13-4-1-2-6-16(13)19-14/h1-2,4,6,12,15,19H,3,5,7-11H2,(H,18,20)/t15-/m1/s1. The van der Waals surface area contributed by atoms with E-state index in [1.54, 1.807) is 0 Å². The Morgan fingerprint density at radius 1 is 1.38 bits per heavy atom. The maximum Gasteiger partial charge on any atom is 0.220 e. The van der Waals surface area contributed by atoms with Gasteiger partial charge in [-0.3, -0.25) is 4.79 Å². The number of benzene rings is 1. The first kappa shape index (κ1) is 14.1. The number of para-hydroxylation sites is 1. The number of aromatic nitrogens is 1. The zero-order valence-electron chi connectivity index (χ0n) is 12.2. The lowest BCUT2D eigenvalue weighted by Crippen LogP contribution is -2.26. The molecule has 2 aromatic rings. The largest absolute Gasteiger partial charge is 0.378 e. The van der Waals surface area contributed by atoms with Gasteiger partial charge in [-0.25, -0.2) is 0 Å². The molecule has 2 N–H and O–H groups in total. The molecule has 1 aromatic carbocycles. The van der Waals surface area contributed by atoms with Crippen LogP contribution in [0.1, 0.15) is 31.4 Å². The molecule has 1 atom stereocenters. The van der Waals surface area contributed by atoms with E-state index in [0.29, 0.717) is 19.1 Å². The summed E-state index contributed by atoms with van der Waals surface area (Å²) in [6, 6.07) is 10.4. The summed E-state index contributed by atoms with van der Waals surface area (Å²) in [4.78, 5) is 15.2. The molecule has 2 heterocycles. The summed E-state index contributed by atoms with van der Waals surface area (Å²) >= 11 is 0. The van der Waals surface area contributed by atoms with E-state index in [4.69, 9.17) is 4.74 Å². The molecular formula is C17H22N2O2. The number of amides is 1. The number of hydrogen-bond acceptors (Lipinski definition) is 2. The molecule has 1 amide bonds. The number of rotatable bonds is 6. The van der Waals surface area contributed by atoms with E-state index >= 15 is 0 Å². The van der Waals surface area contributed by atoms with Crippen molar-refractivity contribution < 1.29 is 9.53 Å². The van der Waals surface area contributed by atoms with E-state index in [9.17, 15) is 4.79 Å². The summed E-state index contributed by atoms with van der Waals surface area (Å²) in [5.74, 6) is 0.126. The highest BCUT2D eigenvalue weighted by atomic mass is 16.5. The van der Waals surface area contributed by atoms with Crippen LogP contribution in [0.2, 0.25) is 0 Å². The van der Waals surface area contributed by atoms with Gasteiger partial charge in [0.2, 0.25) is 5.91 Å². The first-order valence-corrected chi connectivity index (χ1v) is 7.76. The van der Waals surface area contributed by atoms with Crippen molar-refractivity contribution in [3.8, 4) is 0 Å². The Balaban J connectivity index is 1.39. The molecule has 0 aliphatic carbocycles. The van der Waals surface area contributed by atoms with Gasteiger partial charge >= 0.3 is 0 Å². The molecule has 0 saturated carbocycles. The lowest BCUT2D eigenvalue weighted by atomic mass is 10.1. The van der Waals surface area contributed by atoms with Gasteiger partial charge in [-0.15, -0.1) is 0 Å². The molecule has 4 heteroatoms. The summed E-state index contributed by atoms with van der Waals surface area (Å²) in [5, 5.41) is 4.20. The minimum absolute atomic E-state index is 0.126. The highest BCUT2D eigenvalue weighted by molar-refractivity contribution is 5.80. The van der Waals surface area contributed by atoms with Crippen LogP contribution in [0.25, 0.3) is 10.9 Å². The fraction of sp³-hybridized carbons (Fsp3) is 0.471. The second kappa shape index (κ2) is 6.76. The predicted molar refractivity (Wildman–Crippen MR) is 83.2 cm³/mol. The van der Waals surface area contributed by atoms with Crippen LogP contribution in [0.4, 0.5) is 0 Å². The van der Waals surface area contributed by atoms with Crippen LogP contribution in [0.15, 0.2) is 30.3 Å². The molecular weight excluding hydrogens is 264 g/mol. The summed E-state index contributed by atoms with van der Waals surface area (Å²) < 4.78 is 5.53. The van der Waals surface area contributed by atoms with Crippen molar-refractivity contribution in [1.82, 2.24) is 10.3 Å². The zero-order valence-corrected chi connectivity index (χ0v) is 12.2. The van der Waals surface area contributed by atoms with Crippen LogP contribution in [-0.2, 0) is 16.0 Å². The highest BCUT2D eigenvalue weighted by Gasteiger charge is 2.16. The Kier molecular flexibility index (Phi) is 4.55. The summed E-state index contributed by atoms with van der Waals surface area (Å²) in [6.07, 6.45) is 4.77. The number of fused-ring (bicyclic) bond motifs is 1. The number of carbonyl (C=O) groups is 1. The van der Waals surface area contributed by atoms with E-state index < -0.39 is 0 Å². The topological polar surface area (TPSA) is 54.1 Å². The molecule has 3 rings (SSSR count). The summed E-state index contributed by atoms with van der Waals surface area (Å²) in [6.45, 7) is 1.53. The van der Waals surface area contributed by atoms with Crippen LogP contribution in [0.3, 0.4) is 0 Å². The number of carbonyl (C=O) groups excluding carboxylic acids is 1. The number of ether oxygens (including phenoxy) is 1. The van der Waals surface area contributed by atoms with E-state index in [1.807, 2.05) is 12.1 Å². The van der Waals surface area contributed by atoms with Crippen LogP contribution in [-0.4, -0.2) is 30.1 Å². The lowest BCUT2D eigenvalue weighted by molar-refractivity contribution is -0.121. The maximum absolute atomic E-state index is 11.8. The van der Waals surface area contributed by atoms with E-state index in [0.717, 1.165) is 43.5 Å². The average Bonchev–Trinajstić information content (AvgIpc) is 3.14. The summed E-state index contributed by atoms with van der Waals surface area (Å²) in [5.41, 5.74) is 2.31. The van der Waals surface area contributed by atoms with Crippen molar-refractivity contribution in [3.05, 3.63) is 36.0 Å². The normalized spacial score (nSPS) is 18.2. The van der Waals surface area contributed by atoms with E-state index in [1.165, 1.54) is 5.39 Å². The number of nitrogens with one attached hydrogen (secondary N) is 2. The van der Waals surface area contributed by atoms with Gasteiger partial charge in [0.1, 0.15) is 0 Å². The Bertz CT molecular complexity index is 567. The van der Waals surface area contributed by atoms with Gasteiger partial charge < -0.3 is 15.0 Å². The Hall–Kier alpha value is -1.81. The zero-order chi connectivity index (χ0) is 14.5. The molecule has 1 aliphatic heterocycles. The number of aromatic amines is 1. The molecule has 1 aliphatic rings. The first-order valence-electron chi connectivity index (χ1n) is 7.76. The van der Waals surface area contributed by atoms with Crippen molar-refractivity contribution in [3.63, 3.8) is 0 Å². The number of hydrogen-bond donors (Lipinski definition) is 2. The fourth-order valence-corrected chi connectivity index (χ4v) is 2.86. The first-order chi connectivity index (χ1) is 10.3. The molecule has 0 bridgehead atoms. The number of H-pyrrole nitrogens is 1. The average molecular weight is 286 g/mol. The smallest absolute Gasteiger partial charge is 0.220 e. The molecule has 4 nitrogen and oxygen atoms in total. The molecule has 112 valence electrons. The van der Waals surface area contributed by atoms with Gasteiger partial charge in [0, 0.05) is 37.2 Å². The Morgan fingerprint density at radius 3 is 3.10 bits per heavy atom. The van der Waals surface area contributed by atoms with Gasteiger partial charge in [-0.05, 0) is 36.8 Å². The monoisotopic (exact) mass is 286 g/mol. The molecule has 0 radical (unpaired) electrons. The van der Waals surface area contributed by atoms with Gasteiger partial charge in [0.15, 0.2) is 0 Å². The van der Waals surface area contributed by atoms with Crippen molar-refractivity contribution in [2.45, 2.75) is 38.2 Å². The summed E-state index contributed by atoms with van der Waals surface area (Å²) in [7, 11) is 0. The molecule has 21 heavy (non-hydrogen) atoms. The predicted octanol–water partition coefficient (Wildman–Crippen LogP) is 2.79. The third kappa shape index (κ3) is 3.85. The Morgan fingerprint density at radius 2 is 2.29 bits per heavy atom. The van der Waals surface area contributed by atoms with Crippen molar-refractivity contribution in [2.75, 3.05) is 13.2 Å². The third-order valence-corrected chi connectivity index (χ3v) is 4.02. The SMILES string of the molecule is O=C(CC[C@H]1CCCO1)NCCc1cc2ccccc2[nH]1. The van der Waals surface area contributed by atoms with E-state index in [-0.39, 0.29) is 5.91 Å². The Labute approximate surface area is 124 Å². The maximum atomic E-state index is 11.8. The molecule has 0 unspecified atom stereocenters. The van der Waals surface area contributed by atoms with Crippen LogP contribution < -0.4 is 5.32 Å². The van der Waals surface area contributed by atoms with Gasteiger partial charge in [-0.2, -0.15) is 0 Å². The van der Waals surface area contributed by atoms with Gasteiger partial charge in [0.05, 0.1) is 6.10 Å². The minimum atomic E-state index is 0.126. The van der Waals surface area contributed by atoms with Crippen LogP contribution >= 0.6 is 0 Å². The fourth-order valence-electron chi connectivity index (χ4n) is 2.86. The van der Waals surface area contributed by atoms with Crippen molar-refractivity contribution in [2.24, 2.45) is 0 Å². The molecule has 1 fully saturated rings. The van der Waals surface area contributed by atoms with E-state index in [2.05, 4.69) is 28.5 Å². The lowest BCUT2D eigenvalue weighted by Gasteiger charge is -2.09. The van der Waals surface area contributed by atoms with Gasteiger partial charge in [-0.1, -0.05) is 18.2 Å². The molecule has 0 spiro atoms. The van der Waals surface area contributed by atoms with Crippen LogP contribution in [0, 0.1) is 0 Å². The van der Waals surface area contributed by atoms with Crippen LogP contribution in [0.5, 0.6) is 0 Å². The third-order valence-electron chi connectivity index (χ3n) is 4.02. The molecule has 1 saturated heterocycles. The quantitative estimate of drug-likeness (QED) is 0.858. The van der Waals surface area contributed by atoms with Crippen molar-refractivity contribution >= 4 is 16.8 Å². The van der Waals surface area contributed by atoms with Gasteiger partial charge in [0.25, 0.3) is 0 Å². The second-order valence-corrected chi connectivity index (χ2v) is 5.66.